The van der Waals surface area contributed by atoms with Gasteiger partial charge in [-0.25, -0.2) is 4.90 Å². The highest BCUT2D eigenvalue weighted by Gasteiger charge is 2.61. The average Bonchev–Trinajstić information content (AvgIpc) is 3.58. The van der Waals surface area contributed by atoms with Crippen molar-refractivity contribution in [1.29, 1.82) is 0 Å². The van der Waals surface area contributed by atoms with Gasteiger partial charge in [0.2, 0.25) is 17.7 Å². The minimum Gasteiger partial charge on any atom is -0.426 e. The predicted octanol–water partition coefficient (Wildman–Crippen LogP) is 3.18. The maximum absolute atomic E-state index is 13.1. The Labute approximate surface area is 191 Å². The lowest BCUT2D eigenvalue weighted by Gasteiger charge is -2.19. The Morgan fingerprint density at radius 1 is 0.848 bits per heavy atom. The summed E-state index contributed by atoms with van der Waals surface area (Å²) in [6.45, 7) is 0.261. The largest absolute Gasteiger partial charge is 0.426 e. The smallest absolute Gasteiger partial charge is 0.316 e. The highest BCUT2D eigenvalue weighted by atomic mass is 16.5. The van der Waals surface area contributed by atoms with Crippen molar-refractivity contribution in [3.63, 3.8) is 0 Å². The van der Waals surface area contributed by atoms with Crippen molar-refractivity contribution in [2.75, 3.05) is 16.3 Å². The Morgan fingerprint density at radius 2 is 1.52 bits per heavy atom. The summed E-state index contributed by atoms with van der Waals surface area (Å²) in [6, 6.07) is 15.8. The summed E-state index contributed by atoms with van der Waals surface area (Å²) in [5, 5.41) is 0. The second-order valence-corrected chi connectivity index (χ2v) is 9.56. The van der Waals surface area contributed by atoms with E-state index in [1.807, 2.05) is 30.3 Å². The zero-order valence-electron chi connectivity index (χ0n) is 18.1. The van der Waals surface area contributed by atoms with Gasteiger partial charge in [-0.2, -0.15) is 0 Å². The van der Waals surface area contributed by atoms with Crippen LogP contribution in [-0.2, 0) is 19.2 Å². The predicted molar refractivity (Wildman–Crippen MR) is 119 cm³/mol. The standard InChI is InChI=1S/C26H24N2O5/c29-21-12-17(14-27(21)18-5-2-1-3-6-18)26(32)33-20-8-4-7-19(13-20)28-24(30)22-15-9-10-16(11-15)23(22)25(28)31/h1-8,13,15-17,22-23H,9-12,14H2/t15-,16-,17-,22+,23+/m0/s1. The van der Waals surface area contributed by atoms with E-state index in [0.717, 1.165) is 24.9 Å². The molecule has 7 nitrogen and oxygen atoms in total. The number of nitrogens with zero attached hydrogens (tertiary/aromatic N) is 2. The highest BCUT2D eigenvalue weighted by Crippen LogP contribution is 2.56. The maximum atomic E-state index is 13.1. The fourth-order valence-corrected chi connectivity index (χ4v) is 6.27. The molecule has 2 aromatic rings. The Hall–Kier alpha value is -3.48. The molecule has 2 saturated carbocycles. The second-order valence-electron chi connectivity index (χ2n) is 9.56. The molecule has 0 unspecified atom stereocenters. The third-order valence-corrected chi connectivity index (χ3v) is 7.75. The Bertz CT molecular complexity index is 1130. The molecule has 3 amide bonds. The molecule has 2 aromatic carbocycles. The fourth-order valence-electron chi connectivity index (χ4n) is 6.27. The lowest BCUT2D eigenvalue weighted by Crippen LogP contribution is -2.32. The summed E-state index contributed by atoms with van der Waals surface area (Å²) < 4.78 is 5.58. The maximum Gasteiger partial charge on any atom is 0.316 e. The van der Waals surface area contributed by atoms with Crippen LogP contribution in [0, 0.1) is 29.6 Å². The van der Waals surface area contributed by atoms with Crippen LogP contribution in [-0.4, -0.2) is 30.2 Å². The quantitative estimate of drug-likeness (QED) is 0.411. The van der Waals surface area contributed by atoms with E-state index in [-0.39, 0.29) is 48.3 Å². The van der Waals surface area contributed by atoms with Gasteiger partial charge in [0.25, 0.3) is 0 Å². The molecule has 4 aliphatic rings. The third-order valence-electron chi connectivity index (χ3n) is 7.75. The number of carbonyl (C=O) groups is 4. The molecule has 0 aromatic heterocycles. The van der Waals surface area contributed by atoms with Gasteiger partial charge < -0.3 is 9.64 Å². The van der Waals surface area contributed by atoms with Crippen molar-refractivity contribution < 1.29 is 23.9 Å². The number of imide groups is 1. The number of esters is 1. The molecule has 2 heterocycles. The molecule has 2 aliphatic carbocycles. The van der Waals surface area contributed by atoms with Gasteiger partial charge in [-0.05, 0) is 55.4 Å². The molecule has 2 saturated heterocycles. The van der Waals surface area contributed by atoms with E-state index in [1.54, 1.807) is 29.2 Å². The van der Waals surface area contributed by atoms with Crippen LogP contribution in [0.2, 0.25) is 0 Å². The zero-order chi connectivity index (χ0) is 22.7. The first-order valence-electron chi connectivity index (χ1n) is 11.6. The van der Waals surface area contributed by atoms with Gasteiger partial charge in [0, 0.05) is 24.7 Å². The van der Waals surface area contributed by atoms with E-state index in [2.05, 4.69) is 0 Å². The molecule has 0 radical (unpaired) electrons. The van der Waals surface area contributed by atoms with Crippen LogP contribution in [0.5, 0.6) is 5.75 Å². The normalized spacial score (nSPS) is 30.3. The molecule has 7 heteroatoms. The lowest BCUT2D eigenvalue weighted by atomic mass is 9.81. The van der Waals surface area contributed by atoms with Crippen LogP contribution in [0.25, 0.3) is 0 Å². The molecule has 0 spiro atoms. The van der Waals surface area contributed by atoms with Crippen LogP contribution in [0.1, 0.15) is 25.7 Å². The van der Waals surface area contributed by atoms with E-state index in [4.69, 9.17) is 4.74 Å². The first-order chi connectivity index (χ1) is 16.0. The molecule has 6 rings (SSSR count). The van der Waals surface area contributed by atoms with Crippen molar-refractivity contribution in [3.05, 3.63) is 54.6 Å². The van der Waals surface area contributed by atoms with Crippen LogP contribution >= 0.6 is 0 Å². The summed E-state index contributed by atoms with van der Waals surface area (Å²) in [5.41, 5.74) is 1.20. The van der Waals surface area contributed by atoms with Crippen molar-refractivity contribution in [3.8, 4) is 5.75 Å². The van der Waals surface area contributed by atoms with E-state index < -0.39 is 11.9 Å². The Kier molecular flexibility index (Phi) is 4.60. The number of hydrogen-bond acceptors (Lipinski definition) is 5. The molecule has 168 valence electrons. The van der Waals surface area contributed by atoms with Gasteiger partial charge in [0.05, 0.1) is 23.4 Å². The molecule has 33 heavy (non-hydrogen) atoms. The topological polar surface area (TPSA) is 84.0 Å². The van der Waals surface area contributed by atoms with Gasteiger partial charge in [-0.15, -0.1) is 0 Å². The summed E-state index contributed by atoms with van der Waals surface area (Å²) in [6.07, 6.45) is 3.12. The van der Waals surface area contributed by atoms with Crippen LogP contribution < -0.4 is 14.5 Å². The van der Waals surface area contributed by atoms with Gasteiger partial charge >= 0.3 is 5.97 Å². The minimum atomic E-state index is -0.577. The number of carbonyl (C=O) groups excluding carboxylic acids is 4. The first-order valence-corrected chi connectivity index (χ1v) is 11.6. The van der Waals surface area contributed by atoms with Crippen LogP contribution in [0.4, 0.5) is 11.4 Å². The number of rotatable bonds is 4. The lowest BCUT2D eigenvalue weighted by molar-refractivity contribution is -0.139. The van der Waals surface area contributed by atoms with Gasteiger partial charge in [0.15, 0.2) is 0 Å². The molecule has 4 fully saturated rings. The average molecular weight is 444 g/mol. The molecule has 5 atom stereocenters. The van der Waals surface area contributed by atoms with E-state index >= 15 is 0 Å². The molecule has 2 bridgehead atoms. The number of benzene rings is 2. The molecular weight excluding hydrogens is 420 g/mol. The Morgan fingerprint density at radius 3 is 2.21 bits per heavy atom. The second kappa shape index (κ2) is 7.54. The number of anilines is 2. The Balaban J connectivity index is 1.17. The number of amides is 3. The van der Waals surface area contributed by atoms with E-state index in [9.17, 15) is 19.2 Å². The van der Waals surface area contributed by atoms with Gasteiger partial charge in [-0.1, -0.05) is 24.3 Å². The SMILES string of the molecule is O=C(Oc1cccc(N2C(=O)[C@@H]3[C@H]4CC[C@@H](C4)[C@H]3C2=O)c1)[C@H]1CC(=O)N(c2ccccc2)C1. The molecule has 2 aliphatic heterocycles. The molecular formula is C26H24N2O5. The van der Waals surface area contributed by atoms with Gasteiger partial charge in [0.1, 0.15) is 5.75 Å². The van der Waals surface area contributed by atoms with Gasteiger partial charge in [-0.3, -0.25) is 19.2 Å². The van der Waals surface area contributed by atoms with Crippen molar-refractivity contribution in [2.45, 2.75) is 25.7 Å². The van der Waals surface area contributed by atoms with Crippen LogP contribution in [0.15, 0.2) is 54.6 Å². The number of hydrogen-bond donors (Lipinski definition) is 0. The minimum absolute atomic E-state index is 0.0860. The third kappa shape index (κ3) is 3.17. The monoisotopic (exact) mass is 444 g/mol. The van der Waals surface area contributed by atoms with Crippen LogP contribution in [0.3, 0.4) is 0 Å². The summed E-state index contributed by atoms with van der Waals surface area (Å²) in [7, 11) is 0. The summed E-state index contributed by atoms with van der Waals surface area (Å²) in [4.78, 5) is 54.3. The first kappa shape index (κ1) is 20.1. The zero-order valence-corrected chi connectivity index (χ0v) is 18.1. The van der Waals surface area contributed by atoms with E-state index in [1.165, 1.54) is 4.90 Å². The summed E-state index contributed by atoms with van der Waals surface area (Å²) in [5.74, 6) is -0.938. The number of ether oxygens (including phenoxy) is 1. The molecule has 0 N–H and O–H groups in total. The number of para-hydroxylation sites is 1. The van der Waals surface area contributed by atoms with Crippen molar-refractivity contribution in [1.82, 2.24) is 0 Å². The highest BCUT2D eigenvalue weighted by molar-refractivity contribution is 6.22. The van der Waals surface area contributed by atoms with E-state index in [0.29, 0.717) is 17.5 Å². The van der Waals surface area contributed by atoms with Crippen molar-refractivity contribution in [2.24, 2.45) is 29.6 Å². The van der Waals surface area contributed by atoms with Crippen molar-refractivity contribution >= 4 is 35.1 Å². The summed E-state index contributed by atoms with van der Waals surface area (Å²) >= 11 is 0. The fraction of sp³-hybridized carbons (Fsp3) is 0.385. The number of fused-ring (bicyclic) bond motifs is 5.